The molecule has 0 fully saturated rings. The molecule has 3 rings (SSSR count). The first kappa shape index (κ1) is 32.5. The SMILES string of the molecule is CC(C)(C)OC(=O)C[C@@H]1C/C=C\C[C@@H](CC(=O)N[C@@H](CO)Cc2ccccc2)C(=O)NC[C@@H](c2ccccc2)OC1=O. The topological polar surface area (TPSA) is 131 Å². The molecule has 2 aromatic carbocycles. The third-order valence-corrected chi connectivity index (χ3v) is 6.78. The number of hydrogen-bond acceptors (Lipinski definition) is 7. The Bertz CT molecular complexity index is 1210. The normalized spacial score (nSPS) is 21.5. The van der Waals surface area contributed by atoms with Crippen LogP contribution >= 0.6 is 0 Å². The van der Waals surface area contributed by atoms with Gasteiger partial charge >= 0.3 is 11.9 Å². The monoisotopic (exact) mass is 578 g/mol. The van der Waals surface area contributed by atoms with Gasteiger partial charge in [0.25, 0.3) is 0 Å². The van der Waals surface area contributed by atoms with Gasteiger partial charge in [-0.1, -0.05) is 72.8 Å². The molecular weight excluding hydrogens is 536 g/mol. The van der Waals surface area contributed by atoms with Gasteiger partial charge in [-0.25, -0.2) is 0 Å². The number of esters is 2. The molecule has 0 radical (unpaired) electrons. The lowest BCUT2D eigenvalue weighted by molar-refractivity contribution is -0.164. The van der Waals surface area contributed by atoms with Crippen molar-refractivity contribution >= 4 is 23.8 Å². The first-order chi connectivity index (χ1) is 20.0. The summed E-state index contributed by atoms with van der Waals surface area (Å²) < 4.78 is 11.3. The van der Waals surface area contributed by atoms with Crippen molar-refractivity contribution < 1.29 is 33.8 Å². The van der Waals surface area contributed by atoms with Gasteiger partial charge < -0.3 is 25.2 Å². The van der Waals surface area contributed by atoms with Crippen molar-refractivity contribution in [3.8, 4) is 0 Å². The predicted octanol–water partition coefficient (Wildman–Crippen LogP) is 3.81. The molecule has 2 aromatic rings. The Morgan fingerprint density at radius 1 is 0.976 bits per heavy atom. The molecule has 0 bridgehead atoms. The standard InChI is InChI=1S/C33H42N2O7/c1-33(2,3)42-30(38)20-26-17-11-10-16-25(19-29(37)35-27(22-36)18-23-12-6-4-7-13-23)31(39)34-21-28(41-32(26)40)24-14-8-5-9-15-24/h4-15,25-28,36H,16-22H2,1-3H3,(H,34,39)(H,35,37)/b11-10-/t25-,26-,27+,28-/m0/s1. The van der Waals surface area contributed by atoms with Gasteiger partial charge in [-0.05, 0) is 51.2 Å². The highest BCUT2D eigenvalue weighted by molar-refractivity contribution is 5.86. The Morgan fingerprint density at radius 3 is 2.21 bits per heavy atom. The second-order valence-electron chi connectivity index (χ2n) is 11.5. The molecule has 2 amide bonds. The van der Waals surface area contributed by atoms with E-state index in [1.54, 1.807) is 45.1 Å². The maximum Gasteiger partial charge on any atom is 0.310 e. The fourth-order valence-electron chi connectivity index (χ4n) is 4.69. The molecule has 4 atom stereocenters. The molecule has 1 heterocycles. The lowest BCUT2D eigenvalue weighted by Gasteiger charge is -2.25. The number of cyclic esters (lactones) is 1. The molecule has 9 heteroatoms. The molecule has 1 aliphatic rings. The van der Waals surface area contributed by atoms with Crippen LogP contribution in [0.3, 0.4) is 0 Å². The quantitative estimate of drug-likeness (QED) is 0.305. The molecule has 1 aliphatic heterocycles. The Balaban J connectivity index is 1.75. The zero-order chi connectivity index (χ0) is 30.5. The van der Waals surface area contributed by atoms with Crippen LogP contribution in [-0.4, -0.2) is 53.7 Å². The number of carbonyl (C=O) groups is 4. The first-order valence-electron chi connectivity index (χ1n) is 14.4. The molecule has 0 unspecified atom stereocenters. The maximum atomic E-state index is 13.2. The molecule has 9 nitrogen and oxygen atoms in total. The second-order valence-corrected chi connectivity index (χ2v) is 11.5. The van der Waals surface area contributed by atoms with Gasteiger partial charge in [-0.3, -0.25) is 19.2 Å². The van der Waals surface area contributed by atoms with Gasteiger partial charge in [0.05, 0.1) is 37.5 Å². The molecule has 0 spiro atoms. The van der Waals surface area contributed by atoms with Crippen molar-refractivity contribution in [3.63, 3.8) is 0 Å². The van der Waals surface area contributed by atoms with Crippen molar-refractivity contribution in [3.05, 3.63) is 83.9 Å². The summed E-state index contributed by atoms with van der Waals surface area (Å²) >= 11 is 0. The first-order valence-corrected chi connectivity index (χ1v) is 14.4. The van der Waals surface area contributed by atoms with Crippen LogP contribution in [0.1, 0.15) is 63.7 Å². The summed E-state index contributed by atoms with van der Waals surface area (Å²) in [4.78, 5) is 52.0. The maximum absolute atomic E-state index is 13.2. The number of allylic oxidation sites excluding steroid dienone is 2. The highest BCUT2D eigenvalue weighted by Crippen LogP contribution is 2.24. The number of hydrogen-bond donors (Lipinski definition) is 3. The van der Waals surface area contributed by atoms with Crippen LogP contribution in [0.15, 0.2) is 72.8 Å². The Kier molecular flexibility index (Phi) is 12.3. The molecule has 0 aliphatic carbocycles. The number of aliphatic hydroxyl groups is 1. The Labute approximate surface area is 247 Å². The van der Waals surface area contributed by atoms with Crippen LogP contribution in [-0.2, 0) is 35.1 Å². The number of amides is 2. The van der Waals surface area contributed by atoms with Gasteiger partial charge in [-0.15, -0.1) is 0 Å². The lowest BCUT2D eigenvalue weighted by Crippen LogP contribution is -2.42. The van der Waals surface area contributed by atoms with E-state index in [0.29, 0.717) is 12.0 Å². The van der Waals surface area contributed by atoms with E-state index in [9.17, 15) is 24.3 Å². The van der Waals surface area contributed by atoms with Crippen molar-refractivity contribution in [2.24, 2.45) is 11.8 Å². The Hall–Kier alpha value is -3.98. The average Bonchev–Trinajstić information content (AvgIpc) is 2.95. The van der Waals surface area contributed by atoms with Gasteiger partial charge in [0.15, 0.2) is 0 Å². The minimum atomic E-state index is -0.786. The summed E-state index contributed by atoms with van der Waals surface area (Å²) in [6.45, 7) is 5.06. The van der Waals surface area contributed by atoms with Crippen LogP contribution in [0.25, 0.3) is 0 Å². The van der Waals surface area contributed by atoms with Crippen LogP contribution in [0.2, 0.25) is 0 Å². The van der Waals surface area contributed by atoms with Gasteiger partial charge in [-0.2, -0.15) is 0 Å². The molecule has 0 saturated heterocycles. The Morgan fingerprint density at radius 2 is 1.60 bits per heavy atom. The third-order valence-electron chi connectivity index (χ3n) is 6.78. The number of rotatable bonds is 9. The van der Waals surface area contributed by atoms with Crippen molar-refractivity contribution in [1.82, 2.24) is 10.6 Å². The van der Waals surface area contributed by atoms with E-state index in [2.05, 4.69) is 10.6 Å². The number of nitrogens with one attached hydrogen (secondary N) is 2. The van der Waals surface area contributed by atoms with E-state index in [4.69, 9.17) is 9.47 Å². The van der Waals surface area contributed by atoms with Crippen molar-refractivity contribution in [2.75, 3.05) is 13.2 Å². The van der Waals surface area contributed by atoms with E-state index in [-0.39, 0.29) is 50.6 Å². The van der Waals surface area contributed by atoms with Crippen LogP contribution < -0.4 is 10.6 Å². The van der Waals surface area contributed by atoms with Crippen LogP contribution in [0, 0.1) is 11.8 Å². The van der Waals surface area contributed by atoms with E-state index in [1.165, 1.54) is 0 Å². The largest absolute Gasteiger partial charge is 0.460 e. The van der Waals surface area contributed by atoms with Gasteiger partial charge in [0.1, 0.15) is 11.7 Å². The molecular formula is C33H42N2O7. The van der Waals surface area contributed by atoms with E-state index < -0.39 is 41.5 Å². The number of aliphatic hydroxyl groups excluding tert-OH is 1. The lowest BCUT2D eigenvalue weighted by atomic mass is 9.96. The minimum absolute atomic E-state index is 0.00283. The van der Waals surface area contributed by atoms with Crippen LogP contribution in [0.4, 0.5) is 0 Å². The number of carbonyl (C=O) groups excluding carboxylic acids is 4. The van der Waals surface area contributed by atoms with E-state index in [1.807, 2.05) is 48.5 Å². The molecule has 0 saturated carbocycles. The van der Waals surface area contributed by atoms with E-state index in [0.717, 1.165) is 5.56 Å². The van der Waals surface area contributed by atoms with Crippen molar-refractivity contribution in [1.29, 1.82) is 0 Å². The zero-order valence-corrected chi connectivity index (χ0v) is 24.6. The predicted molar refractivity (Wildman–Crippen MR) is 158 cm³/mol. The number of benzene rings is 2. The summed E-state index contributed by atoms with van der Waals surface area (Å²) in [5, 5.41) is 15.5. The second kappa shape index (κ2) is 15.9. The smallest absolute Gasteiger partial charge is 0.310 e. The fourth-order valence-corrected chi connectivity index (χ4v) is 4.69. The molecule has 0 aromatic heterocycles. The summed E-state index contributed by atoms with van der Waals surface area (Å²) in [5.74, 6) is -3.21. The fraction of sp³-hybridized carbons (Fsp3) is 0.455. The molecule has 3 N–H and O–H groups in total. The average molecular weight is 579 g/mol. The molecule has 226 valence electrons. The van der Waals surface area contributed by atoms with Gasteiger partial charge in [0, 0.05) is 6.42 Å². The summed E-state index contributed by atoms with van der Waals surface area (Å²) in [7, 11) is 0. The molecule has 42 heavy (non-hydrogen) atoms. The van der Waals surface area contributed by atoms with Gasteiger partial charge in [0.2, 0.25) is 11.8 Å². The zero-order valence-electron chi connectivity index (χ0n) is 24.6. The number of ether oxygens (including phenoxy) is 2. The summed E-state index contributed by atoms with van der Waals surface area (Å²) in [5.41, 5.74) is 0.977. The highest BCUT2D eigenvalue weighted by atomic mass is 16.6. The highest BCUT2D eigenvalue weighted by Gasteiger charge is 2.30. The third kappa shape index (κ3) is 11.1. The minimum Gasteiger partial charge on any atom is -0.460 e. The van der Waals surface area contributed by atoms with E-state index >= 15 is 0 Å². The summed E-state index contributed by atoms with van der Waals surface area (Å²) in [6.07, 6.45) is 3.39. The van der Waals surface area contributed by atoms with Crippen LogP contribution in [0.5, 0.6) is 0 Å². The summed E-state index contributed by atoms with van der Waals surface area (Å²) in [6, 6.07) is 18.1. The van der Waals surface area contributed by atoms with Crippen molar-refractivity contribution in [2.45, 2.75) is 70.6 Å².